The summed E-state index contributed by atoms with van der Waals surface area (Å²) in [4.78, 5) is 2.44. The molecule has 21 heavy (non-hydrogen) atoms. The van der Waals surface area contributed by atoms with Crippen LogP contribution in [0.4, 0.5) is 13.2 Å². The van der Waals surface area contributed by atoms with Crippen LogP contribution < -0.4 is 5.32 Å². The van der Waals surface area contributed by atoms with Gasteiger partial charge in [0.2, 0.25) is 0 Å². The average Bonchev–Trinajstić information content (AvgIpc) is 2.47. The molecular formula is C16H23F3N2. The molecule has 1 fully saturated rings. The third-order valence-corrected chi connectivity index (χ3v) is 4.07. The number of nitrogens with one attached hydrogen (secondary N) is 1. The van der Waals surface area contributed by atoms with Crippen molar-refractivity contribution in [3.8, 4) is 0 Å². The van der Waals surface area contributed by atoms with Crippen LogP contribution in [-0.4, -0.2) is 31.1 Å². The van der Waals surface area contributed by atoms with Gasteiger partial charge in [0.1, 0.15) is 0 Å². The van der Waals surface area contributed by atoms with Gasteiger partial charge in [-0.15, -0.1) is 0 Å². The fourth-order valence-electron chi connectivity index (χ4n) is 2.70. The van der Waals surface area contributed by atoms with E-state index in [-0.39, 0.29) is 6.04 Å². The van der Waals surface area contributed by atoms with Gasteiger partial charge in [-0.25, -0.2) is 0 Å². The van der Waals surface area contributed by atoms with Crippen LogP contribution in [0.15, 0.2) is 24.3 Å². The Bertz CT molecular complexity index is 422. The number of alkyl halides is 3. The van der Waals surface area contributed by atoms with Crippen LogP contribution in [0, 0.1) is 0 Å². The Labute approximate surface area is 124 Å². The third-order valence-electron chi connectivity index (χ3n) is 4.07. The van der Waals surface area contributed by atoms with Crippen LogP contribution in [0.1, 0.15) is 43.4 Å². The summed E-state index contributed by atoms with van der Waals surface area (Å²) in [6.07, 6.45) is -0.391. The summed E-state index contributed by atoms with van der Waals surface area (Å²) in [5.74, 6) is 0. The summed E-state index contributed by atoms with van der Waals surface area (Å²) in [7, 11) is 0. The molecule has 1 N–H and O–H groups in total. The van der Waals surface area contributed by atoms with Crippen molar-refractivity contribution in [3.05, 3.63) is 35.4 Å². The Morgan fingerprint density at radius 3 is 2.29 bits per heavy atom. The Morgan fingerprint density at radius 2 is 1.71 bits per heavy atom. The van der Waals surface area contributed by atoms with E-state index >= 15 is 0 Å². The van der Waals surface area contributed by atoms with E-state index in [1.807, 2.05) is 6.92 Å². The number of hydrogen-bond donors (Lipinski definition) is 1. The average molecular weight is 300 g/mol. The van der Waals surface area contributed by atoms with Gasteiger partial charge in [-0.3, -0.25) is 0 Å². The SMILES string of the molecule is CC(NCCN1CCCCC1)c1ccc(C(F)(F)F)cc1. The molecule has 118 valence electrons. The minimum atomic E-state index is -4.26. The normalized spacial score (nSPS) is 18.7. The molecule has 5 heteroatoms. The van der Waals surface area contributed by atoms with Crippen molar-refractivity contribution >= 4 is 0 Å². The zero-order valence-electron chi connectivity index (χ0n) is 12.4. The number of likely N-dealkylation sites (tertiary alicyclic amines) is 1. The predicted molar refractivity (Wildman–Crippen MR) is 78.2 cm³/mol. The summed E-state index contributed by atoms with van der Waals surface area (Å²) < 4.78 is 37.5. The molecular weight excluding hydrogens is 277 g/mol. The molecule has 0 saturated carbocycles. The van der Waals surface area contributed by atoms with E-state index in [2.05, 4.69) is 10.2 Å². The van der Waals surface area contributed by atoms with Crippen molar-refractivity contribution in [2.45, 2.75) is 38.4 Å². The second-order valence-electron chi connectivity index (χ2n) is 5.70. The van der Waals surface area contributed by atoms with E-state index in [0.29, 0.717) is 0 Å². The van der Waals surface area contributed by atoms with Crippen molar-refractivity contribution < 1.29 is 13.2 Å². The first kappa shape index (κ1) is 16.3. The van der Waals surface area contributed by atoms with E-state index < -0.39 is 11.7 Å². The van der Waals surface area contributed by atoms with E-state index in [1.165, 1.54) is 19.3 Å². The first-order valence-corrected chi connectivity index (χ1v) is 7.60. The number of benzene rings is 1. The van der Waals surface area contributed by atoms with E-state index in [4.69, 9.17) is 0 Å². The highest BCUT2D eigenvalue weighted by Gasteiger charge is 2.30. The molecule has 1 heterocycles. The van der Waals surface area contributed by atoms with Gasteiger partial charge in [-0.2, -0.15) is 13.2 Å². The number of piperidine rings is 1. The standard InChI is InChI=1S/C16H23F3N2/c1-13(20-9-12-21-10-3-2-4-11-21)14-5-7-15(8-6-14)16(17,18)19/h5-8,13,20H,2-4,9-12H2,1H3. The largest absolute Gasteiger partial charge is 0.416 e. The molecule has 1 aromatic carbocycles. The highest BCUT2D eigenvalue weighted by Crippen LogP contribution is 2.29. The fraction of sp³-hybridized carbons (Fsp3) is 0.625. The number of hydrogen-bond acceptors (Lipinski definition) is 2. The number of nitrogens with zero attached hydrogens (tertiary/aromatic N) is 1. The number of halogens is 3. The molecule has 2 rings (SSSR count). The van der Waals surface area contributed by atoms with Crippen LogP contribution >= 0.6 is 0 Å². The topological polar surface area (TPSA) is 15.3 Å². The van der Waals surface area contributed by atoms with Crippen molar-refractivity contribution in [2.75, 3.05) is 26.2 Å². The number of rotatable bonds is 5. The lowest BCUT2D eigenvalue weighted by atomic mass is 10.1. The molecule has 0 bridgehead atoms. The maximum absolute atomic E-state index is 12.5. The Hall–Kier alpha value is -1.07. The summed E-state index contributed by atoms with van der Waals surface area (Å²) >= 11 is 0. The van der Waals surface area contributed by atoms with Crippen molar-refractivity contribution in [1.82, 2.24) is 10.2 Å². The summed E-state index contributed by atoms with van der Waals surface area (Å²) in [6, 6.07) is 5.48. The molecule has 0 amide bonds. The zero-order valence-corrected chi connectivity index (χ0v) is 12.4. The van der Waals surface area contributed by atoms with Crippen LogP contribution in [0.5, 0.6) is 0 Å². The van der Waals surface area contributed by atoms with Crippen LogP contribution in [0.3, 0.4) is 0 Å². The highest BCUT2D eigenvalue weighted by molar-refractivity contribution is 5.26. The highest BCUT2D eigenvalue weighted by atomic mass is 19.4. The monoisotopic (exact) mass is 300 g/mol. The minimum Gasteiger partial charge on any atom is -0.309 e. The third kappa shape index (κ3) is 5.00. The van der Waals surface area contributed by atoms with Gasteiger partial charge in [0, 0.05) is 19.1 Å². The smallest absolute Gasteiger partial charge is 0.309 e. The second kappa shape index (κ2) is 7.27. The van der Waals surface area contributed by atoms with Gasteiger partial charge < -0.3 is 10.2 Å². The lowest BCUT2D eigenvalue weighted by Gasteiger charge is -2.27. The maximum Gasteiger partial charge on any atom is 0.416 e. The molecule has 1 aromatic rings. The lowest BCUT2D eigenvalue weighted by molar-refractivity contribution is -0.137. The van der Waals surface area contributed by atoms with Crippen LogP contribution in [0.25, 0.3) is 0 Å². The molecule has 0 spiro atoms. The summed E-state index contributed by atoms with van der Waals surface area (Å²) in [6.45, 7) is 6.18. The molecule has 1 saturated heterocycles. The quantitative estimate of drug-likeness (QED) is 0.889. The second-order valence-corrected chi connectivity index (χ2v) is 5.70. The molecule has 2 nitrogen and oxygen atoms in total. The van der Waals surface area contributed by atoms with Gasteiger partial charge in [0.05, 0.1) is 5.56 Å². The molecule has 1 unspecified atom stereocenters. The molecule has 0 radical (unpaired) electrons. The maximum atomic E-state index is 12.5. The van der Waals surface area contributed by atoms with Gasteiger partial charge in [0.25, 0.3) is 0 Å². The molecule has 0 aromatic heterocycles. The van der Waals surface area contributed by atoms with Crippen LogP contribution in [0.2, 0.25) is 0 Å². The zero-order chi connectivity index (χ0) is 15.3. The van der Waals surface area contributed by atoms with E-state index in [9.17, 15) is 13.2 Å². The van der Waals surface area contributed by atoms with Gasteiger partial charge >= 0.3 is 6.18 Å². The minimum absolute atomic E-state index is 0.0667. The van der Waals surface area contributed by atoms with Crippen molar-refractivity contribution in [1.29, 1.82) is 0 Å². The molecule has 0 aliphatic carbocycles. The Morgan fingerprint density at radius 1 is 1.10 bits per heavy atom. The summed E-state index contributed by atoms with van der Waals surface area (Å²) in [5, 5.41) is 3.38. The molecule has 1 atom stereocenters. The summed E-state index contributed by atoms with van der Waals surface area (Å²) in [5.41, 5.74) is 0.299. The van der Waals surface area contributed by atoms with E-state index in [1.54, 1.807) is 12.1 Å². The molecule has 1 aliphatic rings. The lowest BCUT2D eigenvalue weighted by Crippen LogP contribution is -2.36. The Kier molecular flexibility index (Phi) is 5.65. The fourth-order valence-corrected chi connectivity index (χ4v) is 2.70. The Balaban J connectivity index is 1.78. The predicted octanol–water partition coefficient (Wildman–Crippen LogP) is 3.84. The van der Waals surface area contributed by atoms with E-state index in [0.717, 1.165) is 43.9 Å². The molecule has 1 aliphatic heterocycles. The first-order valence-electron chi connectivity index (χ1n) is 7.60. The van der Waals surface area contributed by atoms with Gasteiger partial charge in [-0.05, 0) is 50.6 Å². The van der Waals surface area contributed by atoms with Crippen molar-refractivity contribution in [3.63, 3.8) is 0 Å². The van der Waals surface area contributed by atoms with Gasteiger partial charge in [0.15, 0.2) is 0 Å². The first-order chi connectivity index (χ1) is 9.97. The van der Waals surface area contributed by atoms with Gasteiger partial charge in [-0.1, -0.05) is 18.6 Å². The van der Waals surface area contributed by atoms with Crippen LogP contribution in [-0.2, 0) is 6.18 Å². The van der Waals surface area contributed by atoms with Crippen molar-refractivity contribution in [2.24, 2.45) is 0 Å².